The van der Waals surface area contributed by atoms with Crippen molar-refractivity contribution in [2.45, 2.75) is 59.9 Å². The second kappa shape index (κ2) is 7.44. The number of rotatable bonds is 7. The van der Waals surface area contributed by atoms with Gasteiger partial charge in [-0.15, -0.1) is 0 Å². The summed E-state index contributed by atoms with van der Waals surface area (Å²) in [5.74, 6) is 1.55. The fraction of sp³-hybridized carbons (Fsp3) is 0.588. The second-order valence-corrected chi connectivity index (χ2v) is 6.02. The SMILES string of the molecule is CCCCC(=O)NCCCn1c(C)nc2c(N)nc(C)c(C)c21. The van der Waals surface area contributed by atoms with E-state index in [-0.39, 0.29) is 5.91 Å². The van der Waals surface area contributed by atoms with Gasteiger partial charge in [0.15, 0.2) is 5.82 Å². The minimum Gasteiger partial charge on any atom is -0.382 e. The molecule has 0 aromatic carbocycles. The molecule has 2 heterocycles. The molecule has 0 aliphatic carbocycles. The van der Waals surface area contributed by atoms with Crippen LogP contribution >= 0.6 is 0 Å². The number of anilines is 1. The third-order valence-corrected chi connectivity index (χ3v) is 4.23. The molecule has 0 unspecified atom stereocenters. The predicted octanol–water partition coefficient (Wildman–Crippen LogP) is 2.64. The first kappa shape index (κ1) is 17.2. The molecule has 2 aromatic heterocycles. The molecule has 0 fully saturated rings. The average Bonchev–Trinajstić information content (AvgIpc) is 2.84. The molecule has 6 nitrogen and oxygen atoms in total. The number of hydrogen-bond donors (Lipinski definition) is 2. The number of imidazole rings is 1. The zero-order valence-corrected chi connectivity index (χ0v) is 14.6. The van der Waals surface area contributed by atoms with E-state index < -0.39 is 0 Å². The van der Waals surface area contributed by atoms with Crippen molar-refractivity contribution in [2.24, 2.45) is 0 Å². The third kappa shape index (κ3) is 3.81. The summed E-state index contributed by atoms with van der Waals surface area (Å²) in [4.78, 5) is 20.5. The zero-order valence-electron chi connectivity index (χ0n) is 14.6. The molecule has 2 aromatic rings. The van der Waals surface area contributed by atoms with Crippen molar-refractivity contribution < 1.29 is 4.79 Å². The molecular weight excluding hydrogens is 290 g/mol. The van der Waals surface area contributed by atoms with Crippen LogP contribution in [0.1, 0.15) is 49.7 Å². The first-order chi connectivity index (χ1) is 11.0. The van der Waals surface area contributed by atoms with E-state index in [0.717, 1.165) is 53.9 Å². The van der Waals surface area contributed by atoms with Gasteiger partial charge in [-0.2, -0.15) is 0 Å². The van der Waals surface area contributed by atoms with Crippen molar-refractivity contribution in [3.8, 4) is 0 Å². The first-order valence-electron chi connectivity index (χ1n) is 8.31. The van der Waals surface area contributed by atoms with Gasteiger partial charge in [-0.05, 0) is 39.2 Å². The summed E-state index contributed by atoms with van der Waals surface area (Å²) >= 11 is 0. The highest BCUT2D eigenvalue weighted by Crippen LogP contribution is 2.25. The van der Waals surface area contributed by atoms with Gasteiger partial charge < -0.3 is 15.6 Å². The Bertz CT molecular complexity index is 705. The van der Waals surface area contributed by atoms with Crippen LogP contribution < -0.4 is 11.1 Å². The number of nitrogens with two attached hydrogens (primary N) is 1. The fourth-order valence-corrected chi connectivity index (χ4v) is 2.78. The molecular formula is C17H27N5O. The third-order valence-electron chi connectivity index (χ3n) is 4.23. The van der Waals surface area contributed by atoms with Crippen molar-refractivity contribution in [1.29, 1.82) is 0 Å². The van der Waals surface area contributed by atoms with E-state index in [9.17, 15) is 4.79 Å². The van der Waals surface area contributed by atoms with Crippen LogP contribution in [-0.4, -0.2) is 27.0 Å². The van der Waals surface area contributed by atoms with Gasteiger partial charge in [0.05, 0.1) is 5.52 Å². The quantitative estimate of drug-likeness (QED) is 0.769. The number of nitrogens with one attached hydrogen (secondary N) is 1. The molecule has 0 saturated heterocycles. The molecule has 0 bridgehead atoms. The molecule has 126 valence electrons. The Morgan fingerprint density at radius 2 is 1.96 bits per heavy atom. The van der Waals surface area contributed by atoms with Gasteiger partial charge in [0.2, 0.25) is 5.91 Å². The van der Waals surface area contributed by atoms with Gasteiger partial charge in [0, 0.05) is 25.2 Å². The van der Waals surface area contributed by atoms with Gasteiger partial charge in [0.1, 0.15) is 11.3 Å². The van der Waals surface area contributed by atoms with Crippen LogP contribution in [0.2, 0.25) is 0 Å². The molecule has 0 aliphatic rings. The van der Waals surface area contributed by atoms with Crippen LogP contribution in [-0.2, 0) is 11.3 Å². The Labute approximate surface area is 137 Å². The summed E-state index contributed by atoms with van der Waals surface area (Å²) in [6.45, 7) is 9.57. The lowest BCUT2D eigenvalue weighted by Crippen LogP contribution is -2.25. The number of pyridine rings is 1. The van der Waals surface area contributed by atoms with Crippen molar-refractivity contribution in [1.82, 2.24) is 19.9 Å². The van der Waals surface area contributed by atoms with E-state index >= 15 is 0 Å². The largest absolute Gasteiger partial charge is 0.382 e. The Kier molecular flexibility index (Phi) is 5.58. The van der Waals surface area contributed by atoms with Gasteiger partial charge in [-0.1, -0.05) is 13.3 Å². The van der Waals surface area contributed by atoms with Crippen LogP contribution in [0, 0.1) is 20.8 Å². The van der Waals surface area contributed by atoms with Crippen molar-refractivity contribution in [3.05, 3.63) is 17.1 Å². The number of aryl methyl sites for hydroxylation is 4. The summed E-state index contributed by atoms with van der Waals surface area (Å²) in [5, 5.41) is 2.98. The van der Waals surface area contributed by atoms with Gasteiger partial charge in [-0.3, -0.25) is 4.79 Å². The number of amides is 1. The van der Waals surface area contributed by atoms with Gasteiger partial charge in [0.25, 0.3) is 0 Å². The van der Waals surface area contributed by atoms with E-state index in [2.05, 4.69) is 26.8 Å². The Morgan fingerprint density at radius 1 is 1.22 bits per heavy atom. The minimum atomic E-state index is 0.138. The molecule has 6 heteroatoms. The topological polar surface area (TPSA) is 85.8 Å². The van der Waals surface area contributed by atoms with Crippen LogP contribution in [0.3, 0.4) is 0 Å². The van der Waals surface area contributed by atoms with Gasteiger partial charge in [-0.25, -0.2) is 9.97 Å². The number of nitrogen functional groups attached to an aromatic ring is 1. The summed E-state index contributed by atoms with van der Waals surface area (Å²) in [5.41, 5.74) is 9.89. The average molecular weight is 317 g/mol. The van der Waals surface area contributed by atoms with Crippen LogP contribution in [0.25, 0.3) is 11.0 Å². The lowest BCUT2D eigenvalue weighted by atomic mass is 10.2. The minimum absolute atomic E-state index is 0.138. The maximum atomic E-state index is 11.6. The number of carbonyl (C=O) groups excluding carboxylic acids is 1. The molecule has 0 aliphatic heterocycles. The van der Waals surface area contributed by atoms with Crippen LogP contribution in [0.4, 0.5) is 5.82 Å². The summed E-state index contributed by atoms with van der Waals surface area (Å²) < 4.78 is 2.17. The molecule has 0 saturated carbocycles. The van der Waals surface area contributed by atoms with E-state index in [1.54, 1.807) is 0 Å². The smallest absolute Gasteiger partial charge is 0.219 e. The fourth-order valence-electron chi connectivity index (χ4n) is 2.78. The maximum absolute atomic E-state index is 11.6. The first-order valence-corrected chi connectivity index (χ1v) is 8.31. The zero-order chi connectivity index (χ0) is 17.0. The standard InChI is InChI=1S/C17H27N5O/c1-5-6-8-14(23)19-9-7-10-22-13(4)21-15-16(22)11(2)12(3)20-17(15)18/h5-10H2,1-4H3,(H2,18,20)(H,19,23). The summed E-state index contributed by atoms with van der Waals surface area (Å²) in [6, 6.07) is 0. The number of aromatic nitrogens is 3. The van der Waals surface area contributed by atoms with Crippen molar-refractivity contribution in [2.75, 3.05) is 12.3 Å². The highest BCUT2D eigenvalue weighted by molar-refractivity contribution is 5.88. The Morgan fingerprint density at radius 3 is 2.65 bits per heavy atom. The number of fused-ring (bicyclic) bond motifs is 1. The number of nitrogens with zero attached hydrogens (tertiary/aromatic N) is 3. The number of carbonyl (C=O) groups is 1. The monoisotopic (exact) mass is 317 g/mol. The van der Waals surface area contributed by atoms with Crippen molar-refractivity contribution in [3.63, 3.8) is 0 Å². The lowest BCUT2D eigenvalue weighted by molar-refractivity contribution is -0.121. The molecule has 3 N–H and O–H groups in total. The van der Waals surface area contributed by atoms with Crippen molar-refractivity contribution >= 4 is 22.8 Å². The predicted molar refractivity (Wildman–Crippen MR) is 93.3 cm³/mol. The highest BCUT2D eigenvalue weighted by Gasteiger charge is 2.15. The molecule has 0 radical (unpaired) electrons. The normalized spacial score (nSPS) is 11.1. The van der Waals surface area contributed by atoms with Gasteiger partial charge >= 0.3 is 0 Å². The lowest BCUT2D eigenvalue weighted by Gasteiger charge is -2.11. The molecule has 23 heavy (non-hydrogen) atoms. The highest BCUT2D eigenvalue weighted by atomic mass is 16.1. The van der Waals surface area contributed by atoms with E-state index in [1.807, 2.05) is 20.8 Å². The molecule has 1 amide bonds. The summed E-state index contributed by atoms with van der Waals surface area (Å²) in [7, 11) is 0. The van der Waals surface area contributed by atoms with E-state index in [1.165, 1.54) is 0 Å². The van der Waals surface area contributed by atoms with Crippen LogP contribution in [0.15, 0.2) is 0 Å². The Hall–Kier alpha value is -2.11. The molecule has 0 atom stereocenters. The maximum Gasteiger partial charge on any atom is 0.219 e. The second-order valence-electron chi connectivity index (χ2n) is 6.02. The molecule has 0 spiro atoms. The Balaban J connectivity index is 2.06. The van der Waals surface area contributed by atoms with E-state index in [4.69, 9.17) is 5.73 Å². The number of unbranched alkanes of at least 4 members (excludes halogenated alkanes) is 1. The number of hydrogen-bond acceptors (Lipinski definition) is 4. The van der Waals surface area contributed by atoms with Crippen LogP contribution in [0.5, 0.6) is 0 Å². The molecule has 2 rings (SSSR count). The van der Waals surface area contributed by atoms with E-state index in [0.29, 0.717) is 18.8 Å². The summed E-state index contributed by atoms with van der Waals surface area (Å²) in [6.07, 6.45) is 3.47.